The van der Waals surface area contributed by atoms with Gasteiger partial charge < -0.3 is 20.8 Å². The van der Waals surface area contributed by atoms with Crippen molar-refractivity contribution in [2.45, 2.75) is 26.4 Å². The van der Waals surface area contributed by atoms with Gasteiger partial charge in [-0.15, -0.1) is 0 Å². The Morgan fingerprint density at radius 3 is 2.40 bits per heavy atom. The van der Waals surface area contributed by atoms with Gasteiger partial charge in [-0.1, -0.05) is 41.9 Å². The normalized spacial score (nSPS) is 12.1. The van der Waals surface area contributed by atoms with E-state index in [1.54, 1.807) is 32.0 Å². The molecule has 0 spiro atoms. The number of fused-ring (bicyclic) bond motifs is 4. The van der Waals surface area contributed by atoms with Gasteiger partial charge in [0.15, 0.2) is 0 Å². The molecule has 11 heteroatoms. The number of rotatable bonds is 4. The summed E-state index contributed by atoms with van der Waals surface area (Å²) in [6.45, 7) is 4.75. The van der Waals surface area contributed by atoms with Crippen molar-refractivity contribution in [1.29, 1.82) is 0 Å². The lowest BCUT2D eigenvalue weighted by atomic mass is 9.93. The summed E-state index contributed by atoms with van der Waals surface area (Å²) < 4.78 is 31.4. The lowest BCUT2D eigenvalue weighted by Crippen LogP contribution is -2.34. The van der Waals surface area contributed by atoms with E-state index in [0.717, 1.165) is 10.6 Å². The molecule has 2 heterocycles. The lowest BCUT2D eigenvalue weighted by Gasteiger charge is -2.17. The SMILES string of the molecule is Cc1ccc2c(=O)n(-c3cccc(-c4c(F)cc(C(N)=O)c5[nH]c6cc(C(C)(C)O)ccc6c45)c3Cl)c(=O)[nH]c2c1F. The molecule has 0 saturated carbocycles. The molecule has 0 radical (unpaired) electrons. The maximum absolute atomic E-state index is 16.0. The molecule has 1 amide bonds. The number of benzene rings is 4. The summed E-state index contributed by atoms with van der Waals surface area (Å²) in [5, 5.41) is 11.1. The summed E-state index contributed by atoms with van der Waals surface area (Å²) in [5.74, 6) is -2.41. The monoisotopic (exact) mass is 588 g/mol. The second-order valence-electron chi connectivity index (χ2n) is 10.7. The number of aromatic nitrogens is 3. The molecule has 0 saturated heterocycles. The van der Waals surface area contributed by atoms with Crippen LogP contribution in [-0.2, 0) is 5.60 Å². The fraction of sp³-hybridized carbons (Fsp3) is 0.129. The van der Waals surface area contributed by atoms with Gasteiger partial charge in [0.25, 0.3) is 11.5 Å². The van der Waals surface area contributed by atoms with Crippen LogP contribution in [0.15, 0.2) is 64.2 Å². The molecule has 0 bridgehead atoms. The minimum absolute atomic E-state index is 0.00366. The largest absolute Gasteiger partial charge is 0.386 e. The Morgan fingerprint density at radius 1 is 1.00 bits per heavy atom. The van der Waals surface area contributed by atoms with E-state index in [2.05, 4.69) is 9.97 Å². The van der Waals surface area contributed by atoms with Crippen molar-refractivity contribution in [2.75, 3.05) is 0 Å². The highest BCUT2D eigenvalue weighted by molar-refractivity contribution is 6.36. The molecule has 8 nitrogen and oxygen atoms in total. The molecule has 212 valence electrons. The van der Waals surface area contributed by atoms with Crippen LogP contribution in [0.3, 0.4) is 0 Å². The number of halogens is 3. The Labute approximate surface area is 241 Å². The van der Waals surface area contributed by atoms with Gasteiger partial charge in [-0.05, 0) is 56.2 Å². The number of nitrogens with one attached hydrogen (secondary N) is 2. The summed E-state index contributed by atoms with van der Waals surface area (Å²) in [4.78, 5) is 44.4. The molecular formula is C31H23ClF2N4O4. The number of primary amides is 1. The number of aryl methyl sites for hydroxylation is 1. The summed E-state index contributed by atoms with van der Waals surface area (Å²) >= 11 is 6.82. The van der Waals surface area contributed by atoms with Crippen LogP contribution in [0.5, 0.6) is 0 Å². The van der Waals surface area contributed by atoms with Gasteiger partial charge in [0.1, 0.15) is 11.6 Å². The first-order valence-electron chi connectivity index (χ1n) is 12.8. The number of nitrogens with two attached hydrogens (primary N) is 1. The van der Waals surface area contributed by atoms with E-state index >= 15 is 4.39 Å². The Bertz CT molecular complexity index is 2260. The van der Waals surface area contributed by atoms with Crippen LogP contribution < -0.4 is 17.0 Å². The number of aromatic amines is 2. The number of carbonyl (C=O) groups is 1. The number of aliphatic hydroxyl groups is 1. The molecule has 0 aliphatic heterocycles. The third-order valence-corrected chi connectivity index (χ3v) is 7.89. The molecule has 6 rings (SSSR count). The van der Waals surface area contributed by atoms with Gasteiger partial charge in [0.05, 0.1) is 38.3 Å². The fourth-order valence-corrected chi connectivity index (χ4v) is 5.65. The van der Waals surface area contributed by atoms with Crippen molar-refractivity contribution in [3.8, 4) is 16.8 Å². The third-order valence-electron chi connectivity index (χ3n) is 7.49. The Kier molecular flexibility index (Phi) is 6.10. The maximum atomic E-state index is 16.0. The predicted octanol–water partition coefficient (Wildman–Crippen LogP) is 5.55. The van der Waals surface area contributed by atoms with Crippen LogP contribution in [0.4, 0.5) is 8.78 Å². The topological polar surface area (TPSA) is 134 Å². The smallest absolute Gasteiger partial charge is 0.333 e. The van der Waals surface area contributed by atoms with Crippen molar-refractivity contribution in [3.05, 3.63) is 109 Å². The minimum Gasteiger partial charge on any atom is -0.386 e. The van der Waals surface area contributed by atoms with Crippen molar-refractivity contribution in [3.63, 3.8) is 0 Å². The van der Waals surface area contributed by atoms with Gasteiger partial charge >= 0.3 is 5.69 Å². The summed E-state index contributed by atoms with van der Waals surface area (Å²) in [6.07, 6.45) is 0. The zero-order valence-corrected chi connectivity index (χ0v) is 23.3. The number of hydrogen-bond donors (Lipinski definition) is 4. The lowest BCUT2D eigenvalue weighted by molar-refractivity contribution is 0.0787. The van der Waals surface area contributed by atoms with Gasteiger partial charge in [-0.25, -0.2) is 18.1 Å². The van der Waals surface area contributed by atoms with Crippen molar-refractivity contribution < 1.29 is 18.7 Å². The molecule has 0 aliphatic rings. The Morgan fingerprint density at radius 2 is 1.71 bits per heavy atom. The maximum Gasteiger partial charge on any atom is 0.333 e. The molecule has 2 aromatic heterocycles. The predicted molar refractivity (Wildman–Crippen MR) is 158 cm³/mol. The second kappa shape index (κ2) is 9.37. The van der Waals surface area contributed by atoms with Crippen LogP contribution >= 0.6 is 11.6 Å². The molecule has 5 N–H and O–H groups in total. The molecule has 6 aromatic rings. The van der Waals surface area contributed by atoms with Crippen LogP contribution in [0, 0.1) is 18.6 Å². The van der Waals surface area contributed by atoms with E-state index in [1.165, 1.54) is 37.3 Å². The molecule has 4 aromatic carbocycles. The standard InChI is InChI=1S/C31H23ClF2N4O4/c1-13-7-9-17-27(25(13)34)37-30(41)38(29(17)40)21-6-4-5-16(24(21)32)22-19(33)12-18(28(35)39)26-23(22)15-10-8-14(31(2,3)42)11-20(15)36-26/h4-12,36,42H,1-3H3,(H2,35,39)(H,37,41). The number of hydrogen-bond acceptors (Lipinski definition) is 4. The van der Waals surface area contributed by atoms with Crippen LogP contribution in [0.2, 0.25) is 5.02 Å². The first-order valence-corrected chi connectivity index (χ1v) is 13.2. The van der Waals surface area contributed by atoms with Gasteiger partial charge in [-0.3, -0.25) is 9.59 Å². The average Bonchev–Trinajstić information content (AvgIpc) is 3.30. The van der Waals surface area contributed by atoms with E-state index in [9.17, 15) is 23.9 Å². The van der Waals surface area contributed by atoms with E-state index < -0.39 is 34.4 Å². The first kappa shape index (κ1) is 27.4. The Hall–Kier alpha value is -4.80. The molecule has 0 fully saturated rings. The highest BCUT2D eigenvalue weighted by Crippen LogP contribution is 2.42. The number of carbonyl (C=O) groups excluding carboxylic acids is 1. The van der Waals surface area contributed by atoms with Crippen molar-refractivity contribution in [1.82, 2.24) is 14.5 Å². The zero-order valence-electron chi connectivity index (χ0n) is 22.5. The minimum atomic E-state index is -1.18. The van der Waals surface area contributed by atoms with Gasteiger partial charge in [-0.2, -0.15) is 0 Å². The third kappa shape index (κ3) is 4.02. The van der Waals surface area contributed by atoms with Gasteiger partial charge in [0, 0.05) is 27.4 Å². The van der Waals surface area contributed by atoms with E-state index in [1.807, 2.05) is 0 Å². The van der Waals surface area contributed by atoms with E-state index in [0.29, 0.717) is 16.5 Å². The van der Waals surface area contributed by atoms with Gasteiger partial charge in [0.2, 0.25) is 0 Å². The van der Waals surface area contributed by atoms with E-state index in [-0.39, 0.29) is 54.8 Å². The number of amides is 1. The second-order valence-corrected chi connectivity index (χ2v) is 11.0. The highest BCUT2D eigenvalue weighted by Gasteiger charge is 2.25. The van der Waals surface area contributed by atoms with Crippen molar-refractivity contribution in [2.24, 2.45) is 5.73 Å². The fourth-order valence-electron chi connectivity index (χ4n) is 5.35. The first-order chi connectivity index (χ1) is 19.8. The summed E-state index contributed by atoms with van der Waals surface area (Å²) in [5.41, 5.74) is 3.99. The molecular weight excluding hydrogens is 566 g/mol. The Balaban J connectivity index is 1.68. The zero-order chi connectivity index (χ0) is 30.2. The number of H-pyrrole nitrogens is 2. The summed E-state index contributed by atoms with van der Waals surface area (Å²) in [7, 11) is 0. The number of nitrogens with zero attached hydrogens (tertiary/aromatic N) is 1. The quantitative estimate of drug-likeness (QED) is 0.215. The van der Waals surface area contributed by atoms with E-state index in [4.69, 9.17) is 17.3 Å². The molecule has 42 heavy (non-hydrogen) atoms. The molecule has 0 aliphatic carbocycles. The van der Waals surface area contributed by atoms with Crippen LogP contribution in [-0.4, -0.2) is 25.5 Å². The molecule has 0 atom stereocenters. The van der Waals surface area contributed by atoms with Crippen LogP contribution in [0.1, 0.15) is 35.3 Å². The van der Waals surface area contributed by atoms with Crippen molar-refractivity contribution >= 4 is 50.2 Å². The molecule has 0 unspecified atom stereocenters. The average molecular weight is 589 g/mol. The summed E-state index contributed by atoms with van der Waals surface area (Å²) in [6, 6.07) is 13.3. The highest BCUT2D eigenvalue weighted by atomic mass is 35.5. The van der Waals surface area contributed by atoms with Crippen LogP contribution in [0.25, 0.3) is 49.5 Å².